The van der Waals surface area contributed by atoms with Crippen LogP contribution in [0.25, 0.3) is 10.9 Å². The van der Waals surface area contributed by atoms with Gasteiger partial charge >= 0.3 is 0 Å². The molecule has 0 atom stereocenters. The molecule has 2 heterocycles. The Hall–Kier alpha value is -2.46. The first-order chi connectivity index (χ1) is 15.0. The molecule has 0 radical (unpaired) electrons. The molecule has 164 valence electrons. The minimum absolute atomic E-state index is 0.104. The number of aliphatic hydroxyl groups excluding tert-OH is 1. The maximum atomic E-state index is 12.9. The molecule has 8 nitrogen and oxygen atoms in total. The number of nitrogens with one attached hydrogen (secondary N) is 1. The maximum Gasteiger partial charge on any atom is 0.243 e. The van der Waals surface area contributed by atoms with Crippen LogP contribution < -0.4 is 10.2 Å². The van der Waals surface area contributed by atoms with Gasteiger partial charge in [0.1, 0.15) is 5.82 Å². The first-order valence-corrected chi connectivity index (χ1v) is 11.9. The Labute approximate surface area is 186 Å². The Morgan fingerprint density at radius 3 is 2.42 bits per heavy atom. The van der Waals surface area contributed by atoms with E-state index in [1.807, 2.05) is 29.2 Å². The van der Waals surface area contributed by atoms with Gasteiger partial charge < -0.3 is 15.3 Å². The minimum Gasteiger partial charge on any atom is -0.396 e. The molecule has 0 saturated carbocycles. The van der Waals surface area contributed by atoms with Crippen LogP contribution in [0.15, 0.2) is 53.4 Å². The first-order valence-electron chi connectivity index (χ1n) is 10.1. The third-order valence-electron chi connectivity index (χ3n) is 5.19. The summed E-state index contributed by atoms with van der Waals surface area (Å²) in [5.41, 5.74) is 0.815. The number of nitrogens with zero attached hydrogens (tertiary/aromatic N) is 4. The molecule has 0 spiro atoms. The van der Waals surface area contributed by atoms with Gasteiger partial charge in [0.25, 0.3) is 0 Å². The zero-order chi connectivity index (χ0) is 21.8. The standard InChI is InChI=1S/C21H24ClN5O3S/c22-16-6-8-17(9-7-16)31(29,30)27-13-11-26(12-14-27)21-24-19-5-2-1-4-18(19)20(25-21)23-10-3-15-28/h1-2,4-9,28H,3,10-15H2,(H,23,24,25). The van der Waals surface area contributed by atoms with Crippen molar-refractivity contribution in [3.8, 4) is 0 Å². The molecule has 3 aromatic rings. The second kappa shape index (κ2) is 9.35. The van der Waals surface area contributed by atoms with Gasteiger partial charge in [0.15, 0.2) is 0 Å². The van der Waals surface area contributed by atoms with Gasteiger partial charge in [0, 0.05) is 49.7 Å². The van der Waals surface area contributed by atoms with E-state index in [1.165, 1.54) is 16.4 Å². The number of hydrogen-bond acceptors (Lipinski definition) is 7. The Morgan fingerprint density at radius 2 is 1.71 bits per heavy atom. The molecule has 1 aromatic heterocycles. The van der Waals surface area contributed by atoms with E-state index < -0.39 is 10.0 Å². The lowest BCUT2D eigenvalue weighted by atomic mass is 10.2. The normalized spacial score (nSPS) is 15.4. The minimum atomic E-state index is -3.57. The lowest BCUT2D eigenvalue weighted by Crippen LogP contribution is -2.49. The van der Waals surface area contributed by atoms with E-state index in [-0.39, 0.29) is 11.5 Å². The molecule has 4 rings (SSSR count). The molecule has 0 bridgehead atoms. The first kappa shape index (κ1) is 21.8. The second-order valence-electron chi connectivity index (χ2n) is 7.24. The van der Waals surface area contributed by atoms with Gasteiger partial charge in [-0.3, -0.25) is 0 Å². The molecule has 1 fully saturated rings. The van der Waals surface area contributed by atoms with Crippen LogP contribution >= 0.6 is 11.6 Å². The summed E-state index contributed by atoms with van der Waals surface area (Å²) in [5.74, 6) is 1.28. The number of sulfonamides is 1. The summed E-state index contributed by atoms with van der Waals surface area (Å²) >= 11 is 5.88. The smallest absolute Gasteiger partial charge is 0.243 e. The highest BCUT2D eigenvalue weighted by Crippen LogP contribution is 2.25. The van der Waals surface area contributed by atoms with Gasteiger partial charge in [-0.15, -0.1) is 0 Å². The largest absolute Gasteiger partial charge is 0.396 e. The highest BCUT2D eigenvalue weighted by molar-refractivity contribution is 7.89. The number of halogens is 1. The number of hydrogen-bond donors (Lipinski definition) is 2. The number of piperazine rings is 1. The van der Waals surface area contributed by atoms with Crippen molar-refractivity contribution in [3.63, 3.8) is 0 Å². The van der Waals surface area contributed by atoms with E-state index in [4.69, 9.17) is 21.7 Å². The average molecular weight is 462 g/mol. The Balaban J connectivity index is 1.52. The number of benzene rings is 2. The van der Waals surface area contributed by atoms with Crippen LogP contribution in [0, 0.1) is 0 Å². The van der Waals surface area contributed by atoms with Crippen molar-refractivity contribution >= 4 is 44.3 Å². The van der Waals surface area contributed by atoms with Gasteiger partial charge in [0.05, 0.1) is 10.4 Å². The van der Waals surface area contributed by atoms with Crippen molar-refractivity contribution in [2.45, 2.75) is 11.3 Å². The number of fused-ring (bicyclic) bond motifs is 1. The van der Waals surface area contributed by atoms with E-state index in [2.05, 4.69) is 10.3 Å². The van der Waals surface area contributed by atoms with Crippen molar-refractivity contribution in [1.29, 1.82) is 0 Å². The Kier molecular flexibility index (Phi) is 6.57. The molecule has 1 saturated heterocycles. The molecular formula is C21H24ClN5O3S. The summed E-state index contributed by atoms with van der Waals surface area (Å²) in [5, 5.41) is 13.7. The van der Waals surface area contributed by atoms with Crippen molar-refractivity contribution in [1.82, 2.24) is 14.3 Å². The zero-order valence-electron chi connectivity index (χ0n) is 16.9. The molecule has 2 N–H and O–H groups in total. The van der Waals surface area contributed by atoms with E-state index >= 15 is 0 Å². The summed E-state index contributed by atoms with van der Waals surface area (Å²) in [7, 11) is -3.57. The van der Waals surface area contributed by atoms with E-state index in [0.29, 0.717) is 55.9 Å². The van der Waals surface area contributed by atoms with E-state index in [1.54, 1.807) is 12.1 Å². The summed E-state index contributed by atoms with van der Waals surface area (Å²) in [6.07, 6.45) is 0.620. The number of aliphatic hydroxyl groups is 1. The lowest BCUT2D eigenvalue weighted by molar-refractivity contribution is 0.292. The van der Waals surface area contributed by atoms with Crippen molar-refractivity contribution in [2.24, 2.45) is 0 Å². The average Bonchev–Trinajstić information content (AvgIpc) is 2.79. The fraction of sp³-hybridized carbons (Fsp3) is 0.333. The van der Waals surface area contributed by atoms with Crippen LogP contribution in [-0.4, -0.2) is 67.1 Å². The Bertz CT molecular complexity index is 1150. The summed E-state index contributed by atoms with van der Waals surface area (Å²) in [6, 6.07) is 14.0. The third kappa shape index (κ3) is 4.74. The van der Waals surface area contributed by atoms with Gasteiger partial charge in [0.2, 0.25) is 16.0 Å². The molecule has 10 heteroatoms. The number of para-hydroxylation sites is 1. The monoisotopic (exact) mass is 461 g/mol. The van der Waals surface area contributed by atoms with Crippen LogP contribution in [0.3, 0.4) is 0 Å². The van der Waals surface area contributed by atoms with Gasteiger partial charge in [-0.1, -0.05) is 23.7 Å². The van der Waals surface area contributed by atoms with Crippen LogP contribution in [0.5, 0.6) is 0 Å². The van der Waals surface area contributed by atoms with Crippen LogP contribution in [-0.2, 0) is 10.0 Å². The maximum absolute atomic E-state index is 12.9. The summed E-state index contributed by atoms with van der Waals surface area (Å²) in [4.78, 5) is 11.6. The molecule has 0 unspecified atom stereocenters. The second-order valence-corrected chi connectivity index (χ2v) is 9.61. The molecule has 1 aliphatic rings. The van der Waals surface area contributed by atoms with Crippen LogP contribution in [0.4, 0.5) is 11.8 Å². The predicted molar refractivity (Wildman–Crippen MR) is 122 cm³/mol. The van der Waals surface area contributed by atoms with Crippen molar-refractivity contribution in [2.75, 3.05) is 49.5 Å². The SMILES string of the molecule is O=S(=O)(c1ccc(Cl)cc1)N1CCN(c2nc(NCCCO)c3ccccc3n2)CC1. The highest BCUT2D eigenvalue weighted by atomic mass is 35.5. The van der Waals surface area contributed by atoms with Gasteiger partial charge in [-0.05, 0) is 42.8 Å². The Morgan fingerprint density at radius 1 is 1.00 bits per heavy atom. The fourth-order valence-electron chi connectivity index (χ4n) is 3.51. The summed E-state index contributed by atoms with van der Waals surface area (Å²) in [6.45, 7) is 2.36. The zero-order valence-corrected chi connectivity index (χ0v) is 18.5. The molecular weight excluding hydrogens is 438 g/mol. The fourth-order valence-corrected chi connectivity index (χ4v) is 5.06. The predicted octanol–water partition coefficient (Wildman–Crippen LogP) is 2.59. The topological polar surface area (TPSA) is 98.7 Å². The van der Waals surface area contributed by atoms with Gasteiger partial charge in [-0.25, -0.2) is 13.4 Å². The molecule has 0 amide bonds. The number of anilines is 2. The number of rotatable bonds is 7. The highest BCUT2D eigenvalue weighted by Gasteiger charge is 2.29. The van der Waals surface area contributed by atoms with Crippen molar-refractivity contribution < 1.29 is 13.5 Å². The third-order valence-corrected chi connectivity index (χ3v) is 7.36. The lowest BCUT2D eigenvalue weighted by Gasteiger charge is -2.34. The van der Waals surface area contributed by atoms with E-state index in [0.717, 1.165) is 10.9 Å². The quantitative estimate of drug-likeness (QED) is 0.522. The van der Waals surface area contributed by atoms with Crippen LogP contribution in [0.1, 0.15) is 6.42 Å². The number of aromatic nitrogens is 2. The van der Waals surface area contributed by atoms with Crippen LogP contribution in [0.2, 0.25) is 5.02 Å². The van der Waals surface area contributed by atoms with E-state index in [9.17, 15) is 8.42 Å². The van der Waals surface area contributed by atoms with Gasteiger partial charge in [-0.2, -0.15) is 9.29 Å². The summed E-state index contributed by atoms with van der Waals surface area (Å²) < 4.78 is 27.3. The molecule has 1 aliphatic heterocycles. The molecule has 31 heavy (non-hydrogen) atoms. The molecule has 0 aliphatic carbocycles. The van der Waals surface area contributed by atoms with Crippen molar-refractivity contribution in [3.05, 3.63) is 53.6 Å². The molecule has 2 aromatic carbocycles.